The van der Waals surface area contributed by atoms with Crippen LogP contribution in [0.25, 0.3) is 6.08 Å². The lowest BCUT2D eigenvalue weighted by Gasteiger charge is -2.02. The van der Waals surface area contributed by atoms with E-state index in [1.165, 1.54) is 18.2 Å². The number of esters is 1. The topological polar surface area (TPSA) is 44.1 Å². The van der Waals surface area contributed by atoms with Gasteiger partial charge in [-0.1, -0.05) is 12.1 Å². The third kappa shape index (κ3) is 3.78. The number of benzene rings is 1. The van der Waals surface area contributed by atoms with Crippen LogP contribution in [-0.4, -0.2) is 15.7 Å². The number of ether oxygens (including phenoxy) is 1. The zero-order valence-corrected chi connectivity index (χ0v) is 12.3. The van der Waals surface area contributed by atoms with Crippen LogP contribution in [-0.2, 0) is 23.2 Å². The summed E-state index contributed by atoms with van der Waals surface area (Å²) in [7, 11) is 1.85. The molecule has 2 rings (SSSR count). The Bertz CT molecular complexity index is 690. The van der Waals surface area contributed by atoms with Gasteiger partial charge < -0.3 is 4.74 Å². The van der Waals surface area contributed by atoms with Gasteiger partial charge in [0.25, 0.3) is 0 Å². The summed E-state index contributed by atoms with van der Waals surface area (Å²) in [6.07, 6.45) is 3.04. The summed E-state index contributed by atoms with van der Waals surface area (Å²) in [5, 5.41) is 4.26. The van der Waals surface area contributed by atoms with Crippen molar-refractivity contribution in [1.29, 1.82) is 0 Å². The standard InChI is InChI=1S/C16H17FN2O2/c1-11-15(12(2)19(3)18-11)7-8-16(20)21-10-13-5-4-6-14(17)9-13/h4-9H,10H2,1-3H3/b8-7+. The van der Waals surface area contributed by atoms with Gasteiger partial charge in [0.1, 0.15) is 12.4 Å². The van der Waals surface area contributed by atoms with E-state index in [9.17, 15) is 9.18 Å². The van der Waals surface area contributed by atoms with E-state index in [1.54, 1.807) is 22.9 Å². The molecule has 0 amide bonds. The highest BCUT2D eigenvalue weighted by molar-refractivity contribution is 5.87. The van der Waals surface area contributed by atoms with Gasteiger partial charge in [-0.05, 0) is 37.6 Å². The number of aryl methyl sites for hydroxylation is 2. The molecule has 0 aliphatic heterocycles. The highest BCUT2D eigenvalue weighted by atomic mass is 19.1. The molecule has 0 atom stereocenters. The lowest BCUT2D eigenvalue weighted by Crippen LogP contribution is -2.01. The fourth-order valence-electron chi connectivity index (χ4n) is 2.01. The molecule has 1 aromatic heterocycles. The molecule has 0 fully saturated rings. The number of halogens is 1. The normalized spacial score (nSPS) is 11.0. The SMILES string of the molecule is Cc1nn(C)c(C)c1/C=C/C(=O)OCc1cccc(F)c1. The van der Waals surface area contributed by atoms with E-state index in [-0.39, 0.29) is 12.4 Å². The number of rotatable bonds is 4. The number of hydrogen-bond acceptors (Lipinski definition) is 3. The van der Waals surface area contributed by atoms with Crippen LogP contribution < -0.4 is 0 Å². The maximum absolute atomic E-state index is 13.0. The van der Waals surface area contributed by atoms with Crippen LogP contribution in [0.5, 0.6) is 0 Å². The van der Waals surface area contributed by atoms with Crippen LogP contribution in [0.2, 0.25) is 0 Å². The van der Waals surface area contributed by atoms with Gasteiger partial charge in [-0.15, -0.1) is 0 Å². The first kappa shape index (κ1) is 15.0. The summed E-state index contributed by atoms with van der Waals surface area (Å²) < 4.78 is 19.8. The van der Waals surface area contributed by atoms with E-state index in [0.717, 1.165) is 17.0 Å². The molecule has 1 aromatic carbocycles. The van der Waals surface area contributed by atoms with Crippen LogP contribution in [0.4, 0.5) is 4.39 Å². The van der Waals surface area contributed by atoms with Gasteiger partial charge in [0, 0.05) is 24.4 Å². The minimum Gasteiger partial charge on any atom is -0.458 e. The minimum absolute atomic E-state index is 0.0476. The van der Waals surface area contributed by atoms with Crippen molar-refractivity contribution in [3.05, 3.63) is 58.7 Å². The van der Waals surface area contributed by atoms with Crippen molar-refractivity contribution in [3.63, 3.8) is 0 Å². The Labute approximate surface area is 122 Å². The Balaban J connectivity index is 1.97. The first-order valence-corrected chi connectivity index (χ1v) is 6.57. The molecule has 0 saturated heterocycles. The highest BCUT2D eigenvalue weighted by Crippen LogP contribution is 2.13. The average molecular weight is 288 g/mol. The summed E-state index contributed by atoms with van der Waals surface area (Å²) in [6, 6.07) is 5.97. The van der Waals surface area contributed by atoms with Crippen LogP contribution in [0.15, 0.2) is 30.3 Å². The van der Waals surface area contributed by atoms with Crippen LogP contribution in [0, 0.1) is 19.7 Å². The van der Waals surface area contributed by atoms with E-state index in [1.807, 2.05) is 20.9 Å². The lowest BCUT2D eigenvalue weighted by atomic mass is 10.2. The summed E-state index contributed by atoms with van der Waals surface area (Å²) in [5.41, 5.74) is 3.34. The zero-order valence-electron chi connectivity index (χ0n) is 12.3. The van der Waals surface area contributed by atoms with E-state index < -0.39 is 5.97 Å². The van der Waals surface area contributed by atoms with Gasteiger partial charge in [-0.25, -0.2) is 9.18 Å². The maximum Gasteiger partial charge on any atom is 0.331 e. The second kappa shape index (κ2) is 6.35. The molecule has 5 heteroatoms. The fraction of sp³-hybridized carbons (Fsp3) is 0.250. The van der Waals surface area contributed by atoms with E-state index in [4.69, 9.17) is 4.74 Å². The van der Waals surface area contributed by atoms with Crippen molar-refractivity contribution in [2.75, 3.05) is 0 Å². The number of nitrogens with zero attached hydrogens (tertiary/aromatic N) is 2. The second-order valence-corrected chi connectivity index (χ2v) is 4.78. The monoisotopic (exact) mass is 288 g/mol. The van der Waals surface area contributed by atoms with Gasteiger partial charge in [0.15, 0.2) is 0 Å². The Morgan fingerprint density at radius 3 is 2.81 bits per heavy atom. The van der Waals surface area contributed by atoms with Gasteiger partial charge in [0.2, 0.25) is 0 Å². The summed E-state index contributed by atoms with van der Waals surface area (Å²) in [5.74, 6) is -0.817. The lowest BCUT2D eigenvalue weighted by molar-refractivity contribution is -0.138. The van der Waals surface area contributed by atoms with Crippen molar-refractivity contribution in [1.82, 2.24) is 9.78 Å². The summed E-state index contributed by atoms with van der Waals surface area (Å²) in [6.45, 7) is 3.86. The molecule has 0 N–H and O–H groups in total. The third-order valence-corrected chi connectivity index (χ3v) is 3.22. The predicted octanol–water partition coefficient (Wildman–Crippen LogP) is 2.93. The van der Waals surface area contributed by atoms with Crippen LogP contribution >= 0.6 is 0 Å². The van der Waals surface area contributed by atoms with Crippen molar-refractivity contribution in [3.8, 4) is 0 Å². The minimum atomic E-state index is -0.470. The van der Waals surface area contributed by atoms with E-state index >= 15 is 0 Å². The molecule has 1 heterocycles. The molecule has 0 bridgehead atoms. The molecule has 21 heavy (non-hydrogen) atoms. The second-order valence-electron chi connectivity index (χ2n) is 4.78. The summed E-state index contributed by atoms with van der Waals surface area (Å²) >= 11 is 0. The van der Waals surface area contributed by atoms with Gasteiger partial charge >= 0.3 is 5.97 Å². The number of carbonyl (C=O) groups is 1. The predicted molar refractivity (Wildman–Crippen MR) is 77.9 cm³/mol. The first-order valence-electron chi connectivity index (χ1n) is 6.57. The van der Waals surface area contributed by atoms with Crippen molar-refractivity contribution >= 4 is 12.0 Å². The number of hydrogen-bond donors (Lipinski definition) is 0. The Hall–Kier alpha value is -2.43. The molecule has 0 unspecified atom stereocenters. The van der Waals surface area contributed by atoms with Crippen molar-refractivity contribution < 1.29 is 13.9 Å². The molecular weight excluding hydrogens is 271 g/mol. The Kier molecular flexibility index (Phi) is 4.52. The molecular formula is C16H17FN2O2. The maximum atomic E-state index is 13.0. The molecule has 0 aliphatic carbocycles. The van der Waals surface area contributed by atoms with Crippen LogP contribution in [0.1, 0.15) is 22.5 Å². The number of aromatic nitrogens is 2. The van der Waals surface area contributed by atoms with E-state index in [0.29, 0.717) is 5.56 Å². The number of carbonyl (C=O) groups excluding carboxylic acids is 1. The molecule has 0 aliphatic rings. The smallest absolute Gasteiger partial charge is 0.331 e. The zero-order chi connectivity index (χ0) is 15.4. The molecule has 2 aromatic rings. The van der Waals surface area contributed by atoms with Crippen LogP contribution in [0.3, 0.4) is 0 Å². The van der Waals surface area contributed by atoms with Gasteiger partial charge in [-0.2, -0.15) is 5.10 Å². The quantitative estimate of drug-likeness (QED) is 0.642. The highest BCUT2D eigenvalue weighted by Gasteiger charge is 2.07. The fourth-order valence-corrected chi connectivity index (χ4v) is 2.01. The van der Waals surface area contributed by atoms with Gasteiger partial charge in [-0.3, -0.25) is 4.68 Å². The average Bonchev–Trinajstić information content (AvgIpc) is 2.68. The first-order chi connectivity index (χ1) is 9.97. The molecule has 0 radical (unpaired) electrons. The summed E-state index contributed by atoms with van der Waals surface area (Å²) in [4.78, 5) is 11.7. The Morgan fingerprint density at radius 2 is 2.19 bits per heavy atom. The van der Waals surface area contributed by atoms with Gasteiger partial charge in [0.05, 0.1) is 5.69 Å². The van der Waals surface area contributed by atoms with E-state index in [2.05, 4.69) is 5.10 Å². The molecule has 4 nitrogen and oxygen atoms in total. The molecule has 0 saturated carbocycles. The third-order valence-electron chi connectivity index (χ3n) is 3.22. The molecule has 0 spiro atoms. The van der Waals surface area contributed by atoms with Crippen molar-refractivity contribution in [2.24, 2.45) is 7.05 Å². The molecule has 110 valence electrons. The van der Waals surface area contributed by atoms with Crippen molar-refractivity contribution in [2.45, 2.75) is 20.5 Å². The Morgan fingerprint density at radius 1 is 1.43 bits per heavy atom. The largest absolute Gasteiger partial charge is 0.458 e.